The van der Waals surface area contributed by atoms with Crippen molar-refractivity contribution in [1.29, 1.82) is 0 Å². The number of nitrogens with zero attached hydrogens (tertiary/aromatic N) is 1. The highest BCUT2D eigenvalue weighted by Crippen LogP contribution is 2.28. The van der Waals surface area contributed by atoms with Crippen molar-refractivity contribution in [3.63, 3.8) is 0 Å². The number of urea groups is 1. The Morgan fingerprint density at radius 2 is 2.33 bits per heavy atom. The Balaban J connectivity index is 1.79. The van der Waals surface area contributed by atoms with Crippen molar-refractivity contribution in [2.24, 2.45) is 0 Å². The maximum absolute atomic E-state index is 13.4. The molecule has 0 atom stereocenters. The summed E-state index contributed by atoms with van der Waals surface area (Å²) in [6.45, 7) is 4.04. The number of aromatic amines is 1. The molecule has 2 heterocycles. The molecule has 5 heteroatoms. The lowest BCUT2D eigenvalue weighted by atomic mass is 10.0. The number of aromatic nitrogens is 1. The van der Waals surface area contributed by atoms with Crippen LogP contribution in [-0.2, 0) is 13.0 Å². The summed E-state index contributed by atoms with van der Waals surface area (Å²) in [6.07, 6.45) is 2.84. The Hall–Kier alpha value is -2.04. The maximum Gasteiger partial charge on any atom is 0.317 e. The monoisotopic (exact) mass is 289 g/mol. The molecule has 2 amide bonds. The Morgan fingerprint density at radius 1 is 1.48 bits per heavy atom. The van der Waals surface area contributed by atoms with Crippen LogP contribution in [0.15, 0.2) is 18.2 Å². The van der Waals surface area contributed by atoms with E-state index in [-0.39, 0.29) is 11.8 Å². The second-order valence-electron chi connectivity index (χ2n) is 5.53. The minimum absolute atomic E-state index is 0.0279. The lowest BCUT2D eigenvalue weighted by Crippen LogP contribution is -2.42. The van der Waals surface area contributed by atoms with Gasteiger partial charge in [-0.3, -0.25) is 0 Å². The van der Waals surface area contributed by atoms with E-state index in [9.17, 15) is 9.18 Å². The van der Waals surface area contributed by atoms with Crippen LogP contribution in [0, 0.1) is 5.82 Å². The van der Waals surface area contributed by atoms with Gasteiger partial charge in [0.25, 0.3) is 0 Å². The van der Waals surface area contributed by atoms with Gasteiger partial charge in [-0.1, -0.05) is 13.3 Å². The molecule has 0 bridgehead atoms. The number of nitrogens with one attached hydrogen (secondary N) is 2. The third-order valence-corrected chi connectivity index (χ3v) is 4.03. The standard InChI is InChI=1S/C16H20FN3O/c1-2-3-7-18-16(21)20-8-6-15-13(10-20)12-9-11(17)4-5-14(12)19-15/h4-5,9,19H,2-3,6-8,10H2,1H3,(H,18,21). The van der Waals surface area contributed by atoms with E-state index in [0.717, 1.165) is 41.4 Å². The number of rotatable bonds is 3. The topological polar surface area (TPSA) is 48.1 Å². The van der Waals surface area contributed by atoms with Gasteiger partial charge in [0, 0.05) is 48.2 Å². The number of hydrogen-bond donors (Lipinski definition) is 2. The minimum atomic E-state index is -0.242. The van der Waals surface area contributed by atoms with Crippen molar-refractivity contribution >= 4 is 16.9 Å². The summed E-state index contributed by atoms with van der Waals surface area (Å²) < 4.78 is 13.4. The van der Waals surface area contributed by atoms with Gasteiger partial charge >= 0.3 is 6.03 Å². The SMILES string of the molecule is CCCCNC(=O)N1CCc2[nH]c3ccc(F)cc3c2C1. The third kappa shape index (κ3) is 2.73. The molecule has 21 heavy (non-hydrogen) atoms. The molecule has 1 aliphatic rings. The van der Waals surface area contributed by atoms with E-state index in [1.54, 1.807) is 17.0 Å². The first-order valence-electron chi connectivity index (χ1n) is 7.50. The second kappa shape index (κ2) is 5.76. The van der Waals surface area contributed by atoms with Gasteiger partial charge in [0.15, 0.2) is 0 Å². The lowest BCUT2D eigenvalue weighted by Gasteiger charge is -2.27. The van der Waals surface area contributed by atoms with Crippen LogP contribution < -0.4 is 5.32 Å². The number of halogens is 1. The highest BCUT2D eigenvalue weighted by Gasteiger charge is 2.23. The van der Waals surface area contributed by atoms with Crippen molar-refractivity contribution < 1.29 is 9.18 Å². The lowest BCUT2D eigenvalue weighted by molar-refractivity contribution is 0.192. The molecular weight excluding hydrogens is 269 g/mol. The summed E-state index contributed by atoms with van der Waals surface area (Å²) in [7, 11) is 0. The Kier molecular flexibility index (Phi) is 3.82. The zero-order chi connectivity index (χ0) is 14.8. The van der Waals surface area contributed by atoms with Crippen LogP contribution in [0.2, 0.25) is 0 Å². The van der Waals surface area contributed by atoms with Crippen LogP contribution in [0.3, 0.4) is 0 Å². The molecule has 0 unspecified atom stereocenters. The van der Waals surface area contributed by atoms with E-state index in [4.69, 9.17) is 0 Å². The number of amides is 2. The van der Waals surface area contributed by atoms with Crippen molar-refractivity contribution in [1.82, 2.24) is 15.2 Å². The highest BCUT2D eigenvalue weighted by molar-refractivity contribution is 5.86. The van der Waals surface area contributed by atoms with Gasteiger partial charge in [0.1, 0.15) is 5.82 Å². The number of carbonyl (C=O) groups is 1. The highest BCUT2D eigenvalue weighted by atomic mass is 19.1. The number of unbranched alkanes of at least 4 members (excludes halogenated alkanes) is 1. The van der Waals surface area contributed by atoms with Gasteiger partial charge in [-0.25, -0.2) is 9.18 Å². The van der Waals surface area contributed by atoms with Crippen LogP contribution >= 0.6 is 0 Å². The molecular formula is C16H20FN3O. The summed E-state index contributed by atoms with van der Waals surface area (Å²) in [5.41, 5.74) is 3.10. The Labute approximate surface area is 123 Å². The number of benzene rings is 1. The van der Waals surface area contributed by atoms with Crippen LogP contribution in [-0.4, -0.2) is 29.0 Å². The van der Waals surface area contributed by atoms with E-state index < -0.39 is 0 Å². The molecule has 2 aromatic rings. The van der Waals surface area contributed by atoms with Crippen LogP contribution in [0.5, 0.6) is 0 Å². The van der Waals surface area contributed by atoms with Gasteiger partial charge in [-0.2, -0.15) is 0 Å². The number of H-pyrrole nitrogens is 1. The fourth-order valence-electron chi connectivity index (χ4n) is 2.84. The molecule has 1 aliphatic heterocycles. The zero-order valence-electron chi connectivity index (χ0n) is 12.2. The molecule has 1 aromatic heterocycles. The molecule has 4 nitrogen and oxygen atoms in total. The summed E-state index contributed by atoms with van der Waals surface area (Å²) in [6, 6.07) is 4.73. The Bertz CT molecular complexity index is 665. The second-order valence-corrected chi connectivity index (χ2v) is 5.53. The van der Waals surface area contributed by atoms with Gasteiger partial charge in [-0.05, 0) is 24.6 Å². The fraction of sp³-hybridized carbons (Fsp3) is 0.438. The van der Waals surface area contributed by atoms with E-state index in [2.05, 4.69) is 17.2 Å². The summed E-state index contributed by atoms with van der Waals surface area (Å²) in [4.78, 5) is 17.3. The number of fused-ring (bicyclic) bond motifs is 3. The maximum atomic E-state index is 13.4. The predicted molar refractivity (Wildman–Crippen MR) is 80.7 cm³/mol. The largest absolute Gasteiger partial charge is 0.358 e. The molecule has 0 aliphatic carbocycles. The zero-order valence-corrected chi connectivity index (χ0v) is 12.2. The number of carbonyl (C=O) groups excluding carboxylic acids is 1. The number of hydrogen-bond acceptors (Lipinski definition) is 1. The smallest absolute Gasteiger partial charge is 0.317 e. The van der Waals surface area contributed by atoms with Crippen molar-refractivity contribution in [3.8, 4) is 0 Å². The summed E-state index contributed by atoms with van der Waals surface area (Å²) in [5, 5.41) is 3.82. The van der Waals surface area contributed by atoms with E-state index in [1.807, 2.05) is 0 Å². The summed E-state index contributed by atoms with van der Waals surface area (Å²) >= 11 is 0. The molecule has 0 saturated carbocycles. The van der Waals surface area contributed by atoms with Crippen molar-refractivity contribution in [3.05, 3.63) is 35.3 Å². The fourth-order valence-corrected chi connectivity index (χ4v) is 2.84. The van der Waals surface area contributed by atoms with E-state index >= 15 is 0 Å². The summed E-state index contributed by atoms with van der Waals surface area (Å²) in [5.74, 6) is -0.242. The first kappa shape index (κ1) is 13.9. The molecule has 2 N–H and O–H groups in total. The first-order valence-corrected chi connectivity index (χ1v) is 7.50. The van der Waals surface area contributed by atoms with E-state index in [1.165, 1.54) is 6.07 Å². The predicted octanol–water partition coefficient (Wildman–Crippen LogP) is 3.17. The molecule has 1 aromatic carbocycles. The molecule has 0 fully saturated rings. The van der Waals surface area contributed by atoms with Gasteiger partial charge in [0.2, 0.25) is 0 Å². The molecule has 112 valence electrons. The van der Waals surface area contributed by atoms with Gasteiger partial charge < -0.3 is 15.2 Å². The molecule has 3 rings (SSSR count). The molecule has 0 radical (unpaired) electrons. The van der Waals surface area contributed by atoms with Crippen LogP contribution in [0.1, 0.15) is 31.0 Å². The average molecular weight is 289 g/mol. The van der Waals surface area contributed by atoms with Crippen LogP contribution in [0.4, 0.5) is 9.18 Å². The normalized spacial score (nSPS) is 14.3. The first-order chi connectivity index (χ1) is 10.2. The van der Waals surface area contributed by atoms with Gasteiger partial charge in [-0.15, -0.1) is 0 Å². The van der Waals surface area contributed by atoms with Gasteiger partial charge in [0.05, 0.1) is 0 Å². The Morgan fingerprint density at radius 3 is 3.14 bits per heavy atom. The molecule has 0 saturated heterocycles. The van der Waals surface area contributed by atoms with Crippen LogP contribution in [0.25, 0.3) is 10.9 Å². The van der Waals surface area contributed by atoms with Crippen molar-refractivity contribution in [2.75, 3.05) is 13.1 Å². The molecule has 0 spiro atoms. The average Bonchev–Trinajstić information content (AvgIpc) is 2.84. The van der Waals surface area contributed by atoms with Crippen molar-refractivity contribution in [2.45, 2.75) is 32.7 Å². The van der Waals surface area contributed by atoms with E-state index in [0.29, 0.717) is 19.6 Å². The third-order valence-electron chi connectivity index (χ3n) is 4.03. The quantitative estimate of drug-likeness (QED) is 0.838. The minimum Gasteiger partial charge on any atom is -0.358 e.